The van der Waals surface area contributed by atoms with Gasteiger partial charge in [-0.1, -0.05) is 43.0 Å². The Morgan fingerprint density at radius 1 is 1.12 bits per heavy atom. The summed E-state index contributed by atoms with van der Waals surface area (Å²) >= 11 is 0. The Bertz CT molecular complexity index is 692. The maximum absolute atomic E-state index is 12.3. The molecule has 0 unspecified atom stereocenters. The smallest absolute Gasteiger partial charge is 0.341 e. The van der Waals surface area contributed by atoms with Crippen molar-refractivity contribution in [3.8, 4) is 11.5 Å². The van der Waals surface area contributed by atoms with Gasteiger partial charge in [-0.15, -0.1) is 0 Å². The number of hydrogen-bond acceptors (Lipinski definition) is 4. The molecule has 0 fully saturated rings. The molecule has 0 atom stereocenters. The van der Waals surface area contributed by atoms with Gasteiger partial charge in [0.05, 0.1) is 14.2 Å². The molecule has 2 rings (SSSR count). The van der Waals surface area contributed by atoms with Gasteiger partial charge < -0.3 is 14.2 Å². The Balaban J connectivity index is 2.38. The quantitative estimate of drug-likeness (QED) is 0.546. The van der Waals surface area contributed by atoms with Crippen LogP contribution in [0.1, 0.15) is 21.5 Å². The lowest BCUT2D eigenvalue weighted by atomic mass is 9.98. The first-order valence-electron chi connectivity index (χ1n) is 7.76. The zero-order valence-electron chi connectivity index (χ0n) is 14.1. The van der Waals surface area contributed by atoms with Gasteiger partial charge in [-0.25, -0.2) is 4.79 Å². The first-order valence-corrected chi connectivity index (χ1v) is 7.76. The average molecular weight is 326 g/mol. The van der Waals surface area contributed by atoms with Gasteiger partial charge in [0.1, 0.15) is 23.7 Å². The van der Waals surface area contributed by atoms with Crippen LogP contribution in [0.2, 0.25) is 0 Å². The molecule has 24 heavy (non-hydrogen) atoms. The summed E-state index contributed by atoms with van der Waals surface area (Å²) in [5, 5.41) is 0. The van der Waals surface area contributed by atoms with Crippen molar-refractivity contribution in [3.05, 3.63) is 71.8 Å². The zero-order chi connectivity index (χ0) is 17.4. The topological polar surface area (TPSA) is 44.8 Å². The number of aryl methyl sites for hydroxylation is 2. The summed E-state index contributed by atoms with van der Waals surface area (Å²) in [5.41, 5.74) is 2.48. The van der Waals surface area contributed by atoms with Gasteiger partial charge in [-0.3, -0.25) is 0 Å². The summed E-state index contributed by atoms with van der Waals surface area (Å²) in [5.74, 6) is 0.675. The number of ether oxygens (including phenoxy) is 3. The molecule has 2 aromatic carbocycles. The number of rotatable bonds is 8. The first kappa shape index (κ1) is 17.6. The highest BCUT2D eigenvalue weighted by Crippen LogP contribution is 2.30. The van der Waals surface area contributed by atoms with E-state index in [1.165, 1.54) is 12.7 Å². The van der Waals surface area contributed by atoms with Crippen molar-refractivity contribution in [2.24, 2.45) is 0 Å². The van der Waals surface area contributed by atoms with E-state index < -0.39 is 5.97 Å². The van der Waals surface area contributed by atoms with Crippen LogP contribution in [-0.2, 0) is 17.6 Å². The lowest BCUT2D eigenvalue weighted by Crippen LogP contribution is -2.11. The molecule has 4 heteroatoms. The van der Waals surface area contributed by atoms with Gasteiger partial charge in [-0.05, 0) is 30.0 Å². The van der Waals surface area contributed by atoms with E-state index in [1.807, 2.05) is 24.3 Å². The number of carbonyl (C=O) groups excluding carboxylic acids is 1. The Kier molecular flexibility index (Phi) is 6.43. The maximum Gasteiger partial charge on any atom is 0.341 e. The molecule has 4 nitrogen and oxygen atoms in total. The molecule has 0 saturated carbocycles. The van der Waals surface area contributed by atoms with E-state index in [9.17, 15) is 4.79 Å². The van der Waals surface area contributed by atoms with Crippen molar-refractivity contribution in [2.75, 3.05) is 20.8 Å². The van der Waals surface area contributed by atoms with Crippen LogP contribution in [0.25, 0.3) is 0 Å². The fourth-order valence-electron chi connectivity index (χ4n) is 2.48. The van der Waals surface area contributed by atoms with Crippen LogP contribution in [0, 0.1) is 0 Å². The molecule has 0 aliphatic carbocycles. The Hall–Kier alpha value is -2.75. The van der Waals surface area contributed by atoms with Crippen molar-refractivity contribution in [2.45, 2.75) is 12.8 Å². The third-order valence-corrected chi connectivity index (χ3v) is 3.67. The highest BCUT2D eigenvalue weighted by molar-refractivity contribution is 5.94. The Labute approximate surface area is 142 Å². The average Bonchev–Trinajstić information content (AvgIpc) is 2.64. The molecule has 0 saturated heterocycles. The lowest BCUT2D eigenvalue weighted by molar-refractivity contribution is 0.0595. The molecule has 0 aliphatic rings. The van der Waals surface area contributed by atoms with Crippen LogP contribution < -0.4 is 9.47 Å². The molecular formula is C20H22O4. The molecule has 0 amide bonds. The fourth-order valence-corrected chi connectivity index (χ4v) is 2.48. The van der Waals surface area contributed by atoms with Crippen molar-refractivity contribution in [3.63, 3.8) is 0 Å². The number of hydrogen-bond donors (Lipinski definition) is 0. The molecule has 0 N–H and O–H groups in total. The number of benzene rings is 2. The van der Waals surface area contributed by atoms with E-state index in [0.29, 0.717) is 30.1 Å². The summed E-state index contributed by atoms with van der Waals surface area (Å²) < 4.78 is 15.9. The normalized spacial score (nSPS) is 10.1. The van der Waals surface area contributed by atoms with Crippen molar-refractivity contribution < 1.29 is 19.0 Å². The van der Waals surface area contributed by atoms with E-state index >= 15 is 0 Å². The second-order valence-electron chi connectivity index (χ2n) is 5.24. The monoisotopic (exact) mass is 326 g/mol. The molecule has 0 bridgehead atoms. The zero-order valence-corrected chi connectivity index (χ0v) is 14.1. The molecule has 0 aromatic heterocycles. The summed E-state index contributed by atoms with van der Waals surface area (Å²) in [6.07, 6.45) is 3.11. The minimum absolute atomic E-state index is 0.301. The summed E-state index contributed by atoms with van der Waals surface area (Å²) in [7, 11) is 2.95. The van der Waals surface area contributed by atoms with Crippen LogP contribution in [0.3, 0.4) is 0 Å². The minimum Gasteiger partial charge on any atom is -0.497 e. The Morgan fingerprint density at radius 2 is 1.88 bits per heavy atom. The second-order valence-corrected chi connectivity index (χ2v) is 5.24. The van der Waals surface area contributed by atoms with Crippen LogP contribution >= 0.6 is 0 Å². The molecule has 0 aliphatic heterocycles. The molecule has 0 heterocycles. The molecule has 0 radical (unpaired) electrons. The highest BCUT2D eigenvalue weighted by atomic mass is 16.5. The highest BCUT2D eigenvalue weighted by Gasteiger charge is 2.20. The van der Waals surface area contributed by atoms with Crippen LogP contribution in [-0.4, -0.2) is 26.8 Å². The van der Waals surface area contributed by atoms with Gasteiger partial charge >= 0.3 is 5.97 Å². The molecule has 0 spiro atoms. The minimum atomic E-state index is -0.417. The maximum atomic E-state index is 12.3. The predicted octanol–water partition coefficient (Wildman–Crippen LogP) is 3.83. The van der Waals surface area contributed by atoms with Crippen LogP contribution in [0.5, 0.6) is 11.5 Å². The van der Waals surface area contributed by atoms with Gasteiger partial charge in [0.2, 0.25) is 0 Å². The SMILES string of the molecule is C=CCOc1cc(OC)cc(CCc2ccccc2)c1C(=O)OC. The predicted molar refractivity (Wildman–Crippen MR) is 93.9 cm³/mol. The van der Waals surface area contributed by atoms with Gasteiger partial charge in [0.25, 0.3) is 0 Å². The van der Waals surface area contributed by atoms with Crippen molar-refractivity contribution in [1.82, 2.24) is 0 Å². The molecular weight excluding hydrogens is 304 g/mol. The third kappa shape index (κ3) is 4.38. The Morgan fingerprint density at radius 3 is 2.50 bits per heavy atom. The summed E-state index contributed by atoms with van der Waals surface area (Å²) in [6, 6.07) is 13.7. The fraction of sp³-hybridized carbons (Fsp3) is 0.250. The van der Waals surface area contributed by atoms with Gasteiger partial charge in [-0.2, -0.15) is 0 Å². The molecule has 126 valence electrons. The van der Waals surface area contributed by atoms with Gasteiger partial charge in [0.15, 0.2) is 0 Å². The van der Waals surface area contributed by atoms with Crippen molar-refractivity contribution in [1.29, 1.82) is 0 Å². The van der Waals surface area contributed by atoms with Gasteiger partial charge in [0, 0.05) is 6.07 Å². The largest absolute Gasteiger partial charge is 0.497 e. The third-order valence-electron chi connectivity index (χ3n) is 3.67. The van der Waals surface area contributed by atoms with Crippen LogP contribution in [0.4, 0.5) is 0 Å². The number of methoxy groups -OCH3 is 2. The van der Waals surface area contributed by atoms with E-state index in [2.05, 4.69) is 18.7 Å². The van der Waals surface area contributed by atoms with Crippen molar-refractivity contribution >= 4 is 5.97 Å². The van der Waals surface area contributed by atoms with E-state index in [1.54, 1.807) is 19.3 Å². The summed E-state index contributed by atoms with van der Waals surface area (Å²) in [4.78, 5) is 12.3. The van der Waals surface area contributed by atoms with E-state index in [0.717, 1.165) is 12.0 Å². The number of carbonyl (C=O) groups is 1. The van der Waals surface area contributed by atoms with E-state index in [-0.39, 0.29) is 0 Å². The summed E-state index contributed by atoms with van der Waals surface area (Å²) in [6.45, 7) is 3.94. The number of esters is 1. The first-order chi connectivity index (χ1) is 11.7. The second kappa shape index (κ2) is 8.77. The van der Waals surface area contributed by atoms with E-state index in [4.69, 9.17) is 14.2 Å². The van der Waals surface area contributed by atoms with Crippen LogP contribution in [0.15, 0.2) is 55.1 Å². The molecule has 2 aromatic rings. The standard InChI is InChI=1S/C20H22O4/c1-4-12-24-18-14-17(22-2)13-16(19(18)20(21)23-3)11-10-15-8-6-5-7-9-15/h4-9,13-14H,1,10-12H2,2-3H3. The lowest BCUT2D eigenvalue weighted by Gasteiger charge is -2.15.